The van der Waals surface area contributed by atoms with Crippen LogP contribution in [0.1, 0.15) is 55.3 Å². The summed E-state index contributed by atoms with van der Waals surface area (Å²) in [7, 11) is 0. The Morgan fingerprint density at radius 3 is 2.43 bits per heavy atom. The summed E-state index contributed by atoms with van der Waals surface area (Å²) in [5.74, 6) is -0.0206. The Bertz CT molecular complexity index is 890. The van der Waals surface area contributed by atoms with E-state index in [9.17, 15) is 9.90 Å². The monoisotopic (exact) mass is 431 g/mol. The molecule has 2 rings (SSSR count). The molecule has 3 nitrogen and oxygen atoms in total. The molecule has 1 aliphatic rings. The van der Waals surface area contributed by atoms with Crippen molar-refractivity contribution in [3.05, 3.63) is 83.0 Å². The van der Waals surface area contributed by atoms with Gasteiger partial charge in [-0.1, -0.05) is 55.4 Å². The zero-order valence-corrected chi connectivity index (χ0v) is 22.4. The number of hydrogen-bond donors (Lipinski definition) is 2. The molecule has 0 unspecified atom stereocenters. The van der Waals surface area contributed by atoms with Gasteiger partial charge in [0.05, 0.1) is 0 Å². The van der Waals surface area contributed by atoms with Gasteiger partial charge in [0.25, 0.3) is 0 Å². The summed E-state index contributed by atoms with van der Waals surface area (Å²) in [6.45, 7) is 10.9. The van der Waals surface area contributed by atoms with Gasteiger partial charge in [0.1, 0.15) is 5.75 Å². The van der Waals surface area contributed by atoms with Crippen LogP contribution in [0.3, 0.4) is 0 Å². The minimum atomic E-state index is -0.194. The Kier molecular flexibility index (Phi) is 11.3. The summed E-state index contributed by atoms with van der Waals surface area (Å²) in [5.41, 5.74) is 5.89. The molecule has 0 aliphatic heterocycles. The van der Waals surface area contributed by atoms with Crippen molar-refractivity contribution in [2.45, 2.75) is 53.9 Å². The first-order valence-corrected chi connectivity index (χ1v) is 10.2. The average Bonchev–Trinajstić information content (AvgIpc) is 2.62. The number of anilines is 1. The molecule has 0 saturated heterocycles. The second-order valence-electron chi connectivity index (χ2n) is 8.46. The number of phenols is 1. The number of benzene rings is 1. The molecule has 30 heavy (non-hydrogen) atoms. The molecule has 1 aliphatic carbocycles. The Labute approximate surface area is 225 Å². The van der Waals surface area contributed by atoms with E-state index in [0.717, 1.165) is 5.57 Å². The molecule has 1 aromatic carbocycles. The van der Waals surface area contributed by atoms with Crippen molar-refractivity contribution in [2.24, 2.45) is 5.41 Å². The van der Waals surface area contributed by atoms with Crippen LogP contribution in [0.2, 0.25) is 0 Å². The Morgan fingerprint density at radius 1 is 1.13 bits per heavy atom. The van der Waals surface area contributed by atoms with Gasteiger partial charge in [0, 0.05) is 11.8 Å². The van der Waals surface area contributed by atoms with Gasteiger partial charge in [-0.2, -0.15) is 0 Å². The van der Waals surface area contributed by atoms with E-state index in [-0.39, 0.29) is 69.9 Å². The number of hydrogen-bond acceptors (Lipinski definition) is 2. The van der Waals surface area contributed by atoms with E-state index in [4.69, 9.17) is 0 Å². The molecule has 1 amide bonds. The van der Waals surface area contributed by atoms with Crippen LogP contribution in [-0.2, 0) is 4.79 Å². The van der Waals surface area contributed by atoms with E-state index in [0.29, 0.717) is 5.69 Å². The van der Waals surface area contributed by atoms with Crippen LogP contribution in [0.4, 0.5) is 5.69 Å². The van der Waals surface area contributed by atoms with Gasteiger partial charge in [0.15, 0.2) is 0 Å². The van der Waals surface area contributed by atoms with Crippen LogP contribution < -0.4 is 56.7 Å². The second kappa shape index (κ2) is 12.6. The molecule has 0 heterocycles. The summed E-state index contributed by atoms with van der Waals surface area (Å²) < 4.78 is 0. The third-order valence-corrected chi connectivity index (χ3v) is 5.27. The molecule has 0 saturated carbocycles. The molecule has 0 aromatic heterocycles. The first-order valence-electron chi connectivity index (χ1n) is 10.2. The predicted octanol–water partition coefficient (Wildman–Crippen LogP) is 3.98. The molecule has 0 radical (unpaired) electrons. The van der Waals surface area contributed by atoms with E-state index in [1.165, 1.54) is 36.0 Å². The van der Waals surface area contributed by atoms with Gasteiger partial charge in [0.2, 0.25) is 5.91 Å². The maximum atomic E-state index is 12.1. The number of nitrogens with one attached hydrogen (secondary N) is 1. The van der Waals surface area contributed by atoms with E-state index in [1.807, 2.05) is 19.1 Å². The second-order valence-corrected chi connectivity index (χ2v) is 8.46. The molecule has 4 heteroatoms. The number of carbonyl (C=O) groups is 1. The zero-order chi connectivity index (χ0) is 21.4. The third-order valence-electron chi connectivity index (χ3n) is 5.27. The van der Waals surface area contributed by atoms with Crippen LogP contribution >= 0.6 is 0 Å². The van der Waals surface area contributed by atoms with Gasteiger partial charge in [-0.3, -0.25) is 4.79 Å². The van der Waals surface area contributed by atoms with Gasteiger partial charge < -0.3 is 11.8 Å². The van der Waals surface area contributed by atoms with Gasteiger partial charge >= 0.3 is 51.4 Å². The number of aromatic hydroxyl groups is 1. The fraction of sp³-hybridized carbons (Fsp3) is 0.346. The van der Waals surface area contributed by atoms with Gasteiger partial charge in [-0.15, -0.1) is 0 Å². The molecule has 0 bridgehead atoms. The molecular weight excluding hydrogens is 397 g/mol. The Balaban J connectivity index is 0.00000450. The Morgan fingerprint density at radius 2 is 1.80 bits per heavy atom. The smallest absolute Gasteiger partial charge is 1.00 e. The summed E-state index contributed by atoms with van der Waals surface area (Å²) >= 11 is 0. The van der Waals surface area contributed by atoms with Crippen LogP contribution in [0.5, 0.6) is 5.75 Å². The molecule has 2 N–H and O–H groups in total. The summed E-state index contributed by atoms with van der Waals surface area (Å²) in [5, 5.41) is 12.1. The fourth-order valence-corrected chi connectivity index (χ4v) is 3.61. The molecular formula is C26H34KNO2. The van der Waals surface area contributed by atoms with E-state index >= 15 is 0 Å². The molecule has 156 valence electrons. The standard InChI is InChI=1S/C26H33NO2.K.H/c1-19(11-16-24-21(3)10-7-17-26(24,4)5)8-6-9-20(2)18-25(29)27-22-12-14-23(28)15-13-22;;/h6,8-9,11-16,18,28H,7,10,17H2,1-5H3,(H,27,29);;/q;+1;-1. The van der Waals surface area contributed by atoms with E-state index < -0.39 is 0 Å². The van der Waals surface area contributed by atoms with E-state index in [1.54, 1.807) is 30.3 Å². The number of carbonyl (C=O) groups excluding carboxylic acids is 1. The van der Waals surface area contributed by atoms with Crippen molar-refractivity contribution in [1.82, 2.24) is 0 Å². The summed E-state index contributed by atoms with van der Waals surface area (Å²) in [6, 6.07) is 6.41. The number of amides is 1. The van der Waals surface area contributed by atoms with Crippen molar-refractivity contribution in [2.75, 3.05) is 5.32 Å². The van der Waals surface area contributed by atoms with Gasteiger partial charge in [-0.25, -0.2) is 0 Å². The normalized spacial score (nSPS) is 17.4. The average molecular weight is 432 g/mol. The minimum absolute atomic E-state index is 0. The maximum Gasteiger partial charge on any atom is 1.00 e. The van der Waals surface area contributed by atoms with Crippen LogP contribution in [0.25, 0.3) is 0 Å². The molecule has 0 fully saturated rings. The van der Waals surface area contributed by atoms with Crippen molar-refractivity contribution in [1.29, 1.82) is 0 Å². The van der Waals surface area contributed by atoms with Crippen LogP contribution in [0, 0.1) is 5.41 Å². The number of allylic oxidation sites excluding steroid dienone is 9. The SMILES string of the molecule is CC(C=CC1=C(C)CCCC1(C)C)=CC=CC(C)=CC(=O)Nc1ccc(O)cc1.[H-].[K+]. The number of phenolic OH excluding ortho intramolecular Hbond substituents is 1. The summed E-state index contributed by atoms with van der Waals surface area (Å²) in [6.07, 6.45) is 15.6. The van der Waals surface area contributed by atoms with Crippen LogP contribution in [-0.4, -0.2) is 11.0 Å². The van der Waals surface area contributed by atoms with Crippen molar-refractivity contribution in [3.63, 3.8) is 0 Å². The third kappa shape index (κ3) is 8.90. The van der Waals surface area contributed by atoms with E-state index in [2.05, 4.69) is 51.2 Å². The van der Waals surface area contributed by atoms with Crippen molar-refractivity contribution in [3.8, 4) is 5.75 Å². The zero-order valence-electron chi connectivity index (χ0n) is 20.3. The largest absolute Gasteiger partial charge is 1.00 e. The van der Waals surface area contributed by atoms with Crippen LogP contribution in [0.15, 0.2) is 83.0 Å². The molecule has 0 spiro atoms. The topological polar surface area (TPSA) is 49.3 Å². The first kappa shape index (κ1) is 26.9. The van der Waals surface area contributed by atoms with Gasteiger partial charge in [-0.05, 0) is 80.9 Å². The summed E-state index contributed by atoms with van der Waals surface area (Å²) in [4.78, 5) is 12.1. The number of rotatable bonds is 6. The quantitative estimate of drug-likeness (QED) is 0.310. The predicted molar refractivity (Wildman–Crippen MR) is 124 cm³/mol. The molecule has 1 aromatic rings. The first-order chi connectivity index (χ1) is 13.7. The fourth-order valence-electron chi connectivity index (χ4n) is 3.61. The van der Waals surface area contributed by atoms with Crippen molar-refractivity contribution >= 4 is 11.6 Å². The molecule has 0 atom stereocenters. The maximum absolute atomic E-state index is 12.1. The van der Waals surface area contributed by atoms with Crippen molar-refractivity contribution < 1.29 is 62.7 Å². The minimum Gasteiger partial charge on any atom is -1.00 e. The Hall–Kier alpha value is -1.17.